The van der Waals surface area contributed by atoms with Gasteiger partial charge in [0, 0.05) is 4.88 Å². The number of ether oxygens (including phenoxy) is 1. The Bertz CT molecular complexity index is 500. The molecule has 0 bridgehead atoms. The van der Waals surface area contributed by atoms with Gasteiger partial charge in [-0.15, -0.1) is 11.3 Å². The maximum Gasteiger partial charge on any atom is 0.125 e. The first-order chi connectivity index (χ1) is 7.84. The van der Waals surface area contributed by atoms with E-state index in [1.807, 2.05) is 0 Å². The van der Waals surface area contributed by atoms with Crippen LogP contribution in [-0.4, -0.2) is 6.61 Å². The predicted octanol–water partition coefficient (Wildman–Crippen LogP) is 4.05. The van der Waals surface area contributed by atoms with Gasteiger partial charge in [0.25, 0.3) is 0 Å². The molecule has 2 heteroatoms. The Hall–Kier alpha value is -1.28. The Morgan fingerprint density at radius 1 is 1.31 bits per heavy atom. The quantitative estimate of drug-likeness (QED) is 0.718. The summed E-state index contributed by atoms with van der Waals surface area (Å²) in [5.41, 5.74) is 3.96. The van der Waals surface area contributed by atoms with Crippen molar-refractivity contribution in [2.75, 3.05) is 6.61 Å². The van der Waals surface area contributed by atoms with E-state index in [0.29, 0.717) is 0 Å². The fourth-order valence-electron chi connectivity index (χ4n) is 2.26. The van der Waals surface area contributed by atoms with E-state index in [1.54, 1.807) is 11.3 Å². The van der Waals surface area contributed by atoms with E-state index in [1.165, 1.54) is 21.6 Å². The number of hydrogen-bond donors (Lipinski definition) is 0. The summed E-state index contributed by atoms with van der Waals surface area (Å²) in [6.07, 6.45) is 2.29. The number of aryl methyl sites for hydroxylation is 2. The van der Waals surface area contributed by atoms with Crippen molar-refractivity contribution >= 4 is 11.3 Å². The smallest absolute Gasteiger partial charge is 0.125 e. The minimum absolute atomic E-state index is 0.867. The SMILES string of the molecule is Cc1cc(-c2cccs2)cc2c1OCCC2. The van der Waals surface area contributed by atoms with Gasteiger partial charge in [0.2, 0.25) is 0 Å². The van der Waals surface area contributed by atoms with Gasteiger partial charge in [-0.25, -0.2) is 0 Å². The van der Waals surface area contributed by atoms with E-state index < -0.39 is 0 Å². The average molecular weight is 230 g/mol. The topological polar surface area (TPSA) is 9.23 Å². The van der Waals surface area contributed by atoms with Gasteiger partial charge < -0.3 is 4.74 Å². The minimum atomic E-state index is 0.867. The largest absolute Gasteiger partial charge is 0.493 e. The van der Waals surface area contributed by atoms with Crippen LogP contribution in [0.2, 0.25) is 0 Å². The molecular formula is C14H14OS. The predicted molar refractivity (Wildman–Crippen MR) is 68.3 cm³/mol. The minimum Gasteiger partial charge on any atom is -0.493 e. The Kier molecular flexibility index (Phi) is 2.44. The molecule has 3 rings (SSSR count). The van der Waals surface area contributed by atoms with Crippen LogP contribution in [0.3, 0.4) is 0 Å². The summed E-state index contributed by atoms with van der Waals surface area (Å²) in [5.74, 6) is 1.12. The highest BCUT2D eigenvalue weighted by Gasteiger charge is 2.14. The van der Waals surface area contributed by atoms with Gasteiger partial charge >= 0.3 is 0 Å². The lowest BCUT2D eigenvalue weighted by molar-refractivity contribution is 0.286. The van der Waals surface area contributed by atoms with Crippen molar-refractivity contribution in [3.05, 3.63) is 40.8 Å². The molecule has 0 atom stereocenters. The maximum absolute atomic E-state index is 5.73. The van der Waals surface area contributed by atoms with Crippen molar-refractivity contribution in [3.63, 3.8) is 0 Å². The Balaban J connectivity index is 2.12. The van der Waals surface area contributed by atoms with Crippen LogP contribution in [0.25, 0.3) is 10.4 Å². The third-order valence-electron chi connectivity index (χ3n) is 2.99. The summed E-state index contributed by atoms with van der Waals surface area (Å²) in [4.78, 5) is 1.34. The molecule has 0 saturated heterocycles. The van der Waals surface area contributed by atoms with Crippen LogP contribution < -0.4 is 4.74 Å². The number of hydrogen-bond acceptors (Lipinski definition) is 2. The van der Waals surface area contributed by atoms with E-state index in [4.69, 9.17) is 4.74 Å². The molecule has 0 amide bonds. The van der Waals surface area contributed by atoms with Crippen molar-refractivity contribution in [2.45, 2.75) is 19.8 Å². The number of benzene rings is 1. The fourth-order valence-corrected chi connectivity index (χ4v) is 2.98. The van der Waals surface area contributed by atoms with Gasteiger partial charge in [0.05, 0.1) is 6.61 Å². The summed E-state index contributed by atoms with van der Waals surface area (Å²) in [6.45, 7) is 3.01. The zero-order valence-corrected chi connectivity index (χ0v) is 10.1. The molecule has 2 heterocycles. The molecule has 1 aliphatic heterocycles. The molecule has 0 spiro atoms. The average Bonchev–Trinajstić information content (AvgIpc) is 2.82. The van der Waals surface area contributed by atoms with Crippen LogP contribution in [0.15, 0.2) is 29.6 Å². The van der Waals surface area contributed by atoms with Crippen LogP contribution in [0.4, 0.5) is 0 Å². The normalized spacial score (nSPS) is 14.3. The van der Waals surface area contributed by atoms with Gasteiger partial charge in [-0.2, -0.15) is 0 Å². The molecular weight excluding hydrogens is 216 g/mol. The second-order valence-corrected chi connectivity index (χ2v) is 5.16. The fraction of sp³-hybridized carbons (Fsp3) is 0.286. The van der Waals surface area contributed by atoms with E-state index in [0.717, 1.165) is 25.2 Å². The third-order valence-corrected chi connectivity index (χ3v) is 3.91. The first-order valence-corrected chi connectivity index (χ1v) is 6.53. The van der Waals surface area contributed by atoms with Gasteiger partial charge in [-0.05, 0) is 60.0 Å². The molecule has 0 aliphatic carbocycles. The van der Waals surface area contributed by atoms with Crippen LogP contribution in [0.5, 0.6) is 5.75 Å². The zero-order valence-electron chi connectivity index (χ0n) is 9.32. The zero-order chi connectivity index (χ0) is 11.0. The molecule has 1 aliphatic rings. The summed E-state index contributed by atoms with van der Waals surface area (Å²) < 4.78 is 5.73. The molecule has 0 radical (unpaired) electrons. The lowest BCUT2D eigenvalue weighted by Crippen LogP contribution is -2.09. The standard InChI is InChI=1S/C14H14OS/c1-10-8-12(13-5-3-7-16-13)9-11-4-2-6-15-14(10)11/h3,5,7-9H,2,4,6H2,1H3. The van der Waals surface area contributed by atoms with E-state index in [-0.39, 0.29) is 0 Å². The Morgan fingerprint density at radius 3 is 3.06 bits per heavy atom. The van der Waals surface area contributed by atoms with Gasteiger partial charge in [0.15, 0.2) is 0 Å². The number of rotatable bonds is 1. The Labute approximate surface area is 99.7 Å². The molecule has 1 aromatic carbocycles. The summed E-state index contributed by atoms with van der Waals surface area (Å²) in [7, 11) is 0. The third kappa shape index (κ3) is 1.63. The highest BCUT2D eigenvalue weighted by atomic mass is 32.1. The van der Waals surface area contributed by atoms with Gasteiger partial charge in [0.1, 0.15) is 5.75 Å². The van der Waals surface area contributed by atoms with Gasteiger partial charge in [-0.1, -0.05) is 6.07 Å². The number of thiophene rings is 1. The van der Waals surface area contributed by atoms with E-state index in [9.17, 15) is 0 Å². The first-order valence-electron chi connectivity index (χ1n) is 5.65. The molecule has 0 N–H and O–H groups in total. The monoisotopic (exact) mass is 230 g/mol. The van der Waals surface area contributed by atoms with Crippen LogP contribution in [-0.2, 0) is 6.42 Å². The molecule has 82 valence electrons. The highest BCUT2D eigenvalue weighted by Crippen LogP contribution is 2.35. The van der Waals surface area contributed by atoms with Crippen LogP contribution >= 0.6 is 11.3 Å². The lowest BCUT2D eigenvalue weighted by atomic mass is 9.99. The molecule has 2 aromatic rings. The molecule has 0 fully saturated rings. The summed E-state index contributed by atoms with van der Waals surface area (Å²) >= 11 is 1.79. The molecule has 16 heavy (non-hydrogen) atoms. The summed E-state index contributed by atoms with van der Waals surface area (Å²) in [5, 5.41) is 2.13. The van der Waals surface area contributed by atoms with Crippen molar-refractivity contribution in [1.82, 2.24) is 0 Å². The van der Waals surface area contributed by atoms with Crippen LogP contribution in [0, 0.1) is 6.92 Å². The van der Waals surface area contributed by atoms with E-state index in [2.05, 4.69) is 36.6 Å². The molecule has 0 saturated carbocycles. The maximum atomic E-state index is 5.73. The van der Waals surface area contributed by atoms with Crippen molar-refractivity contribution in [2.24, 2.45) is 0 Å². The summed E-state index contributed by atoms with van der Waals surface area (Å²) in [6, 6.07) is 8.80. The Morgan fingerprint density at radius 2 is 2.25 bits per heavy atom. The molecule has 1 nitrogen and oxygen atoms in total. The second kappa shape index (κ2) is 3.95. The first kappa shape index (κ1) is 9.91. The van der Waals surface area contributed by atoms with Crippen molar-refractivity contribution < 1.29 is 4.74 Å². The molecule has 1 aromatic heterocycles. The molecule has 0 unspecified atom stereocenters. The lowest BCUT2D eigenvalue weighted by Gasteiger charge is -2.20. The van der Waals surface area contributed by atoms with Crippen molar-refractivity contribution in [1.29, 1.82) is 0 Å². The van der Waals surface area contributed by atoms with E-state index >= 15 is 0 Å². The number of fused-ring (bicyclic) bond motifs is 1. The highest BCUT2D eigenvalue weighted by molar-refractivity contribution is 7.13. The van der Waals surface area contributed by atoms with Crippen LogP contribution in [0.1, 0.15) is 17.5 Å². The second-order valence-electron chi connectivity index (χ2n) is 4.21. The van der Waals surface area contributed by atoms with Gasteiger partial charge in [-0.3, -0.25) is 0 Å². The van der Waals surface area contributed by atoms with Crippen molar-refractivity contribution in [3.8, 4) is 16.2 Å².